The molecule has 0 aliphatic heterocycles. The van der Waals surface area contributed by atoms with Crippen molar-refractivity contribution in [2.75, 3.05) is 14.2 Å². The molecule has 0 bridgehead atoms. The first kappa shape index (κ1) is 12.7. The molecule has 0 radical (unpaired) electrons. The van der Waals surface area contributed by atoms with E-state index in [2.05, 4.69) is 6.07 Å². The van der Waals surface area contributed by atoms with Gasteiger partial charge in [0.2, 0.25) is 0 Å². The van der Waals surface area contributed by atoms with E-state index in [1.165, 1.54) is 32.1 Å². The number of hydrogen-bond acceptors (Lipinski definition) is 3. The number of nitrogens with zero attached hydrogens (tertiary/aromatic N) is 1. The second-order valence-electron chi connectivity index (χ2n) is 4.21. The molecular formula is C11H21NO2Si. The molecule has 1 saturated carbocycles. The first-order valence-electron chi connectivity index (χ1n) is 5.76. The smallest absolute Gasteiger partial charge is 0.341 e. The molecule has 0 aromatic heterocycles. The van der Waals surface area contributed by atoms with Gasteiger partial charge < -0.3 is 8.85 Å². The predicted molar refractivity (Wildman–Crippen MR) is 61.6 cm³/mol. The molecule has 15 heavy (non-hydrogen) atoms. The minimum atomic E-state index is -2.09. The van der Waals surface area contributed by atoms with E-state index in [-0.39, 0.29) is 0 Å². The highest BCUT2D eigenvalue weighted by Gasteiger charge is 2.44. The Morgan fingerprint density at radius 3 is 2.27 bits per heavy atom. The second-order valence-corrected chi connectivity index (χ2v) is 7.97. The molecule has 0 N–H and O–H groups in total. The minimum Gasteiger partial charge on any atom is -0.397 e. The van der Waals surface area contributed by atoms with Gasteiger partial charge in [-0.05, 0) is 12.8 Å². The van der Waals surface area contributed by atoms with Gasteiger partial charge in [0.05, 0.1) is 6.07 Å². The first-order chi connectivity index (χ1) is 7.29. The van der Waals surface area contributed by atoms with Crippen molar-refractivity contribution in [3.8, 4) is 6.07 Å². The fraction of sp³-hybridized carbons (Fsp3) is 0.909. The van der Waals surface area contributed by atoms with Crippen LogP contribution in [0, 0.1) is 11.3 Å². The summed E-state index contributed by atoms with van der Waals surface area (Å²) in [5.41, 5.74) is 0.592. The summed E-state index contributed by atoms with van der Waals surface area (Å²) in [6, 6.07) is 3.03. The summed E-state index contributed by atoms with van der Waals surface area (Å²) in [6.07, 6.45) is 6.92. The molecule has 0 aromatic rings. The number of hydrogen-bond donors (Lipinski definition) is 0. The van der Waals surface area contributed by atoms with E-state index in [0.717, 1.165) is 6.04 Å². The van der Waals surface area contributed by atoms with Crippen LogP contribution in [0.2, 0.25) is 11.6 Å². The van der Waals surface area contributed by atoms with E-state index < -0.39 is 8.56 Å². The first-order valence-corrected chi connectivity index (χ1v) is 7.86. The lowest BCUT2D eigenvalue weighted by molar-refractivity contribution is 0.216. The average molecular weight is 227 g/mol. The van der Waals surface area contributed by atoms with Gasteiger partial charge in [0.25, 0.3) is 0 Å². The van der Waals surface area contributed by atoms with Crippen molar-refractivity contribution >= 4 is 8.56 Å². The normalized spacial score (nSPS) is 18.7. The molecule has 0 aromatic carbocycles. The van der Waals surface area contributed by atoms with Crippen molar-refractivity contribution in [3.05, 3.63) is 0 Å². The van der Waals surface area contributed by atoms with Crippen molar-refractivity contribution < 1.29 is 8.85 Å². The lowest BCUT2D eigenvalue weighted by atomic mass is 10.0. The molecule has 0 unspecified atom stereocenters. The summed E-state index contributed by atoms with van der Waals surface area (Å²) in [6.45, 7) is 0. The lowest BCUT2D eigenvalue weighted by Crippen LogP contribution is -2.45. The predicted octanol–water partition coefficient (Wildman–Crippen LogP) is 2.97. The van der Waals surface area contributed by atoms with Gasteiger partial charge in [-0.1, -0.05) is 19.3 Å². The van der Waals surface area contributed by atoms with Crippen LogP contribution in [-0.2, 0) is 8.85 Å². The Labute approximate surface area is 93.6 Å². The molecule has 1 aliphatic carbocycles. The highest BCUT2D eigenvalue weighted by atomic mass is 28.4. The summed E-state index contributed by atoms with van der Waals surface area (Å²) < 4.78 is 11.4. The van der Waals surface area contributed by atoms with Crippen molar-refractivity contribution in [1.29, 1.82) is 5.26 Å². The van der Waals surface area contributed by atoms with Crippen molar-refractivity contribution in [2.24, 2.45) is 0 Å². The molecular weight excluding hydrogens is 206 g/mol. The Hall–Kier alpha value is -0.373. The topological polar surface area (TPSA) is 42.2 Å². The second kappa shape index (κ2) is 6.26. The summed E-state index contributed by atoms with van der Waals surface area (Å²) in [7, 11) is 1.42. The lowest BCUT2D eigenvalue weighted by Gasteiger charge is -2.36. The molecule has 3 nitrogen and oxygen atoms in total. The highest BCUT2D eigenvalue weighted by molar-refractivity contribution is 6.69. The molecule has 0 atom stereocenters. The van der Waals surface area contributed by atoms with E-state index in [0.29, 0.717) is 12.0 Å². The van der Waals surface area contributed by atoms with Gasteiger partial charge in [-0.2, -0.15) is 5.26 Å². The molecule has 0 saturated heterocycles. The van der Waals surface area contributed by atoms with Gasteiger partial charge in [0.15, 0.2) is 0 Å². The van der Waals surface area contributed by atoms with Crippen molar-refractivity contribution in [1.82, 2.24) is 0 Å². The van der Waals surface area contributed by atoms with Crippen LogP contribution in [0.25, 0.3) is 0 Å². The quantitative estimate of drug-likeness (QED) is 0.678. The maximum absolute atomic E-state index is 8.68. The van der Waals surface area contributed by atoms with Gasteiger partial charge in [-0.25, -0.2) is 0 Å². The molecule has 0 spiro atoms. The Bertz CT molecular complexity index is 217. The standard InChI is InChI=1S/C11H21NO2Si/c1-13-15(14-2,10-6-9-12)11-7-4-3-5-8-11/h11H,3-8,10H2,1-2H3. The molecule has 4 heteroatoms. The maximum atomic E-state index is 8.68. The monoisotopic (exact) mass is 227 g/mol. The molecule has 0 heterocycles. The van der Waals surface area contributed by atoms with Crippen LogP contribution in [0.15, 0.2) is 0 Å². The van der Waals surface area contributed by atoms with Crippen molar-refractivity contribution in [3.63, 3.8) is 0 Å². The van der Waals surface area contributed by atoms with Gasteiger partial charge in [-0.3, -0.25) is 0 Å². The molecule has 1 rings (SSSR count). The number of nitriles is 1. The Morgan fingerprint density at radius 2 is 1.80 bits per heavy atom. The Balaban J connectivity index is 2.64. The summed E-state index contributed by atoms with van der Waals surface area (Å²) in [4.78, 5) is 0. The third-order valence-electron chi connectivity index (χ3n) is 3.50. The van der Waals surface area contributed by atoms with Crippen LogP contribution >= 0.6 is 0 Å². The van der Waals surface area contributed by atoms with Gasteiger partial charge in [0.1, 0.15) is 0 Å². The van der Waals surface area contributed by atoms with E-state index in [1.54, 1.807) is 14.2 Å². The van der Waals surface area contributed by atoms with Gasteiger partial charge >= 0.3 is 8.56 Å². The zero-order valence-electron chi connectivity index (χ0n) is 9.79. The minimum absolute atomic E-state index is 0.560. The summed E-state index contributed by atoms with van der Waals surface area (Å²) in [5, 5.41) is 8.68. The van der Waals surface area contributed by atoms with Crippen molar-refractivity contribution in [2.45, 2.75) is 50.1 Å². The van der Waals surface area contributed by atoms with Crippen LogP contribution in [0.5, 0.6) is 0 Å². The van der Waals surface area contributed by atoms with Gasteiger partial charge in [-0.15, -0.1) is 0 Å². The van der Waals surface area contributed by atoms with E-state index >= 15 is 0 Å². The summed E-state index contributed by atoms with van der Waals surface area (Å²) in [5.74, 6) is 0. The van der Waals surface area contributed by atoms with Crippen LogP contribution in [0.3, 0.4) is 0 Å². The van der Waals surface area contributed by atoms with Crippen LogP contribution < -0.4 is 0 Å². The fourth-order valence-corrected chi connectivity index (χ4v) is 6.00. The third-order valence-corrected chi connectivity index (χ3v) is 7.65. The molecule has 1 aliphatic rings. The maximum Gasteiger partial charge on any atom is 0.341 e. The van der Waals surface area contributed by atoms with E-state index in [4.69, 9.17) is 14.1 Å². The summed E-state index contributed by atoms with van der Waals surface area (Å²) >= 11 is 0. The SMILES string of the molecule is CO[Si](CCC#N)(OC)C1CCCCC1. The van der Waals surface area contributed by atoms with Gasteiger partial charge in [0, 0.05) is 32.2 Å². The zero-order valence-corrected chi connectivity index (χ0v) is 10.8. The molecule has 86 valence electrons. The number of rotatable bonds is 5. The molecule has 1 fully saturated rings. The highest BCUT2D eigenvalue weighted by Crippen LogP contribution is 2.40. The van der Waals surface area contributed by atoms with Crippen LogP contribution in [0.4, 0.5) is 0 Å². The zero-order chi connectivity index (χ0) is 11.1. The average Bonchev–Trinajstić information content (AvgIpc) is 2.33. The fourth-order valence-electron chi connectivity index (χ4n) is 2.60. The molecule has 0 amide bonds. The van der Waals surface area contributed by atoms with Crippen LogP contribution in [-0.4, -0.2) is 22.8 Å². The Morgan fingerprint density at radius 1 is 1.20 bits per heavy atom. The Kier molecular flexibility index (Phi) is 5.30. The third kappa shape index (κ3) is 3.04. The van der Waals surface area contributed by atoms with Crippen LogP contribution in [0.1, 0.15) is 38.5 Å². The van der Waals surface area contributed by atoms with E-state index in [9.17, 15) is 0 Å². The largest absolute Gasteiger partial charge is 0.397 e. The van der Waals surface area contributed by atoms with E-state index in [1.807, 2.05) is 0 Å².